The number of ether oxygens (including phenoxy) is 2. The second kappa shape index (κ2) is 5.39. The highest BCUT2D eigenvalue weighted by Crippen LogP contribution is 2.23. The predicted molar refractivity (Wildman–Crippen MR) is 58.8 cm³/mol. The lowest BCUT2D eigenvalue weighted by Gasteiger charge is -2.08. The Bertz CT molecular complexity index is 345. The molecular formula is C12H16O3. The maximum absolute atomic E-state index is 11.2. The molecule has 0 radical (unpaired) electrons. The summed E-state index contributed by atoms with van der Waals surface area (Å²) in [5.41, 5.74) is 0.612. The highest BCUT2D eigenvalue weighted by Gasteiger charge is 2.05. The van der Waals surface area contributed by atoms with Crippen molar-refractivity contribution in [3.05, 3.63) is 23.8 Å². The average molecular weight is 208 g/mol. The second-order valence-electron chi connectivity index (χ2n) is 3.30. The maximum atomic E-state index is 11.2. The monoisotopic (exact) mass is 208 g/mol. The van der Waals surface area contributed by atoms with Gasteiger partial charge in [-0.05, 0) is 25.5 Å². The van der Waals surface area contributed by atoms with Crippen LogP contribution in [0.4, 0.5) is 0 Å². The molecule has 0 atom stereocenters. The molecule has 0 saturated heterocycles. The molecule has 0 fully saturated rings. The minimum atomic E-state index is 0.00949. The number of carbonyl (C=O) groups excluding carboxylic acids is 1. The predicted octanol–water partition coefficient (Wildman–Crippen LogP) is 2.69. The van der Waals surface area contributed by atoms with Gasteiger partial charge in [0.15, 0.2) is 5.78 Å². The van der Waals surface area contributed by atoms with Gasteiger partial charge in [-0.3, -0.25) is 4.79 Å². The Morgan fingerprint density at radius 2 is 1.93 bits per heavy atom. The number of carbonyl (C=O) groups is 1. The van der Waals surface area contributed by atoms with Gasteiger partial charge < -0.3 is 9.47 Å². The molecule has 0 spiro atoms. The standard InChI is InChI=1S/C12H16O3/c1-4-5-15-12-7-10(9(2)13)6-11(8-12)14-3/h6-8H,4-5H2,1-3H3. The summed E-state index contributed by atoms with van der Waals surface area (Å²) in [5.74, 6) is 1.34. The molecule has 0 unspecified atom stereocenters. The Morgan fingerprint density at radius 1 is 1.27 bits per heavy atom. The van der Waals surface area contributed by atoms with E-state index >= 15 is 0 Å². The zero-order valence-electron chi connectivity index (χ0n) is 9.37. The summed E-state index contributed by atoms with van der Waals surface area (Å²) in [5, 5.41) is 0. The Kier molecular flexibility index (Phi) is 4.16. The Labute approximate surface area is 90.0 Å². The first-order valence-corrected chi connectivity index (χ1v) is 5.00. The molecule has 0 bridgehead atoms. The van der Waals surface area contributed by atoms with Crippen LogP contribution in [-0.2, 0) is 0 Å². The first kappa shape index (κ1) is 11.6. The third kappa shape index (κ3) is 3.27. The van der Waals surface area contributed by atoms with Crippen molar-refractivity contribution in [1.29, 1.82) is 0 Å². The third-order valence-electron chi connectivity index (χ3n) is 2.00. The van der Waals surface area contributed by atoms with Crippen LogP contribution in [0.15, 0.2) is 18.2 Å². The van der Waals surface area contributed by atoms with Crippen LogP contribution >= 0.6 is 0 Å². The summed E-state index contributed by atoms with van der Waals surface area (Å²) >= 11 is 0. The third-order valence-corrected chi connectivity index (χ3v) is 2.00. The van der Waals surface area contributed by atoms with Gasteiger partial charge in [-0.25, -0.2) is 0 Å². The van der Waals surface area contributed by atoms with E-state index in [0.29, 0.717) is 23.7 Å². The molecule has 3 nitrogen and oxygen atoms in total. The molecule has 0 aliphatic heterocycles. The number of ketones is 1. The summed E-state index contributed by atoms with van der Waals surface area (Å²) in [6.07, 6.45) is 0.937. The fraction of sp³-hybridized carbons (Fsp3) is 0.417. The maximum Gasteiger partial charge on any atom is 0.160 e. The fourth-order valence-electron chi connectivity index (χ4n) is 1.20. The molecular weight excluding hydrogens is 192 g/mol. The molecule has 0 N–H and O–H groups in total. The van der Waals surface area contributed by atoms with Crippen LogP contribution in [0.1, 0.15) is 30.6 Å². The summed E-state index contributed by atoms with van der Waals surface area (Å²) < 4.78 is 10.5. The van der Waals surface area contributed by atoms with Crippen LogP contribution < -0.4 is 9.47 Å². The lowest BCUT2D eigenvalue weighted by Crippen LogP contribution is -1.99. The molecule has 3 heteroatoms. The van der Waals surface area contributed by atoms with Crippen LogP contribution in [0, 0.1) is 0 Å². The van der Waals surface area contributed by atoms with Gasteiger partial charge in [0.1, 0.15) is 11.5 Å². The first-order valence-electron chi connectivity index (χ1n) is 5.00. The first-order chi connectivity index (χ1) is 7.17. The van der Waals surface area contributed by atoms with Crippen LogP contribution in [0.2, 0.25) is 0 Å². The van der Waals surface area contributed by atoms with Crippen molar-refractivity contribution >= 4 is 5.78 Å². The van der Waals surface area contributed by atoms with Crippen molar-refractivity contribution in [1.82, 2.24) is 0 Å². The molecule has 1 aromatic rings. The Balaban J connectivity index is 2.95. The molecule has 0 aromatic heterocycles. The lowest BCUT2D eigenvalue weighted by molar-refractivity contribution is 0.101. The lowest BCUT2D eigenvalue weighted by atomic mass is 10.1. The minimum absolute atomic E-state index is 0.00949. The number of benzene rings is 1. The average Bonchev–Trinajstić information content (AvgIpc) is 2.25. The number of rotatable bonds is 5. The SMILES string of the molecule is CCCOc1cc(OC)cc(C(C)=O)c1. The van der Waals surface area contributed by atoms with E-state index in [9.17, 15) is 4.79 Å². The Hall–Kier alpha value is -1.51. The largest absolute Gasteiger partial charge is 0.497 e. The molecule has 0 aliphatic rings. The van der Waals surface area contributed by atoms with E-state index in [1.165, 1.54) is 6.92 Å². The van der Waals surface area contributed by atoms with Gasteiger partial charge in [-0.2, -0.15) is 0 Å². The van der Waals surface area contributed by atoms with E-state index in [2.05, 4.69) is 0 Å². The number of hydrogen-bond acceptors (Lipinski definition) is 3. The molecule has 0 saturated carbocycles. The van der Waals surface area contributed by atoms with Gasteiger partial charge in [0.2, 0.25) is 0 Å². The van der Waals surface area contributed by atoms with Crippen LogP contribution in [0.5, 0.6) is 11.5 Å². The number of Topliss-reactive ketones (excluding diaryl/α,β-unsaturated/α-hetero) is 1. The smallest absolute Gasteiger partial charge is 0.160 e. The summed E-state index contributed by atoms with van der Waals surface area (Å²) in [4.78, 5) is 11.2. The quantitative estimate of drug-likeness (QED) is 0.698. The molecule has 0 aliphatic carbocycles. The zero-order valence-corrected chi connectivity index (χ0v) is 9.37. The normalized spacial score (nSPS) is 9.80. The van der Waals surface area contributed by atoms with Crippen LogP contribution in [0.3, 0.4) is 0 Å². The molecule has 1 rings (SSSR count). The molecule has 82 valence electrons. The highest BCUT2D eigenvalue weighted by molar-refractivity contribution is 5.94. The van der Waals surface area contributed by atoms with Gasteiger partial charge >= 0.3 is 0 Å². The van der Waals surface area contributed by atoms with Crippen molar-refractivity contribution in [2.45, 2.75) is 20.3 Å². The fourth-order valence-corrected chi connectivity index (χ4v) is 1.20. The van der Waals surface area contributed by atoms with Crippen molar-refractivity contribution in [2.75, 3.05) is 13.7 Å². The van der Waals surface area contributed by atoms with Crippen molar-refractivity contribution < 1.29 is 14.3 Å². The van der Waals surface area contributed by atoms with Crippen molar-refractivity contribution in [3.63, 3.8) is 0 Å². The summed E-state index contributed by atoms with van der Waals surface area (Å²) in [6, 6.07) is 5.23. The van der Waals surface area contributed by atoms with Gasteiger partial charge in [0.05, 0.1) is 13.7 Å². The van der Waals surface area contributed by atoms with Crippen molar-refractivity contribution in [2.24, 2.45) is 0 Å². The van der Waals surface area contributed by atoms with Gasteiger partial charge in [0.25, 0.3) is 0 Å². The molecule has 15 heavy (non-hydrogen) atoms. The topological polar surface area (TPSA) is 35.5 Å². The zero-order chi connectivity index (χ0) is 11.3. The second-order valence-corrected chi connectivity index (χ2v) is 3.30. The van der Waals surface area contributed by atoms with Crippen LogP contribution in [0.25, 0.3) is 0 Å². The van der Waals surface area contributed by atoms with E-state index < -0.39 is 0 Å². The number of methoxy groups -OCH3 is 1. The minimum Gasteiger partial charge on any atom is -0.497 e. The van der Waals surface area contributed by atoms with Gasteiger partial charge in [-0.1, -0.05) is 6.92 Å². The van der Waals surface area contributed by atoms with Gasteiger partial charge in [0, 0.05) is 11.6 Å². The molecule has 0 heterocycles. The number of hydrogen-bond donors (Lipinski definition) is 0. The molecule has 1 aromatic carbocycles. The van der Waals surface area contributed by atoms with Crippen molar-refractivity contribution in [3.8, 4) is 11.5 Å². The van der Waals surface area contributed by atoms with E-state index in [1.807, 2.05) is 6.92 Å². The van der Waals surface area contributed by atoms with Crippen LogP contribution in [-0.4, -0.2) is 19.5 Å². The van der Waals surface area contributed by atoms with E-state index in [0.717, 1.165) is 6.42 Å². The van der Waals surface area contributed by atoms with E-state index in [-0.39, 0.29) is 5.78 Å². The molecule has 0 amide bonds. The van der Waals surface area contributed by atoms with E-state index in [1.54, 1.807) is 25.3 Å². The highest BCUT2D eigenvalue weighted by atomic mass is 16.5. The summed E-state index contributed by atoms with van der Waals surface area (Å²) in [6.45, 7) is 4.20. The Morgan fingerprint density at radius 3 is 2.47 bits per heavy atom. The van der Waals surface area contributed by atoms with E-state index in [4.69, 9.17) is 9.47 Å². The summed E-state index contributed by atoms with van der Waals surface area (Å²) in [7, 11) is 1.57. The van der Waals surface area contributed by atoms with Gasteiger partial charge in [-0.15, -0.1) is 0 Å².